The normalized spacial score (nSPS) is 27.7. The Bertz CT molecular complexity index is 570. The first-order chi connectivity index (χ1) is 11.0. The fourth-order valence-corrected chi connectivity index (χ4v) is 4.06. The van der Waals surface area contributed by atoms with Crippen molar-refractivity contribution in [2.24, 2.45) is 17.3 Å². The lowest BCUT2D eigenvalue weighted by molar-refractivity contribution is 0.199. The zero-order chi connectivity index (χ0) is 16.4. The van der Waals surface area contributed by atoms with Gasteiger partial charge >= 0.3 is 0 Å². The number of hydrogen-bond acceptors (Lipinski definition) is 4. The Morgan fingerprint density at radius 1 is 1.26 bits per heavy atom. The van der Waals surface area contributed by atoms with E-state index in [2.05, 4.69) is 37.1 Å². The van der Waals surface area contributed by atoms with E-state index in [4.69, 9.17) is 10.00 Å². The molecule has 1 aromatic carbocycles. The molecule has 4 nitrogen and oxygen atoms in total. The first-order valence-electron chi connectivity index (χ1n) is 8.56. The van der Waals surface area contributed by atoms with Gasteiger partial charge in [0.1, 0.15) is 12.4 Å². The number of nitrogens with zero attached hydrogens (tertiary/aromatic N) is 2. The standard InChI is InChI=1S/C19H27N3O/c1-19(2,3)18-17-13-22(12-15(17)11-21-18)8-9-23-16-6-4-14(10-20)5-7-16/h4-7,15,17-18,21H,8-9,11-13H2,1-3H3. The van der Waals surface area contributed by atoms with Crippen molar-refractivity contribution in [3.63, 3.8) is 0 Å². The summed E-state index contributed by atoms with van der Waals surface area (Å²) in [7, 11) is 0. The quantitative estimate of drug-likeness (QED) is 0.928. The summed E-state index contributed by atoms with van der Waals surface area (Å²) in [5.41, 5.74) is 0.999. The first-order valence-corrected chi connectivity index (χ1v) is 8.56. The molecule has 0 aromatic heterocycles. The molecule has 2 saturated heterocycles. The number of likely N-dealkylation sites (tertiary alicyclic amines) is 1. The maximum atomic E-state index is 8.80. The summed E-state index contributed by atoms with van der Waals surface area (Å²) in [5.74, 6) is 2.40. The van der Waals surface area contributed by atoms with E-state index < -0.39 is 0 Å². The number of nitriles is 1. The van der Waals surface area contributed by atoms with E-state index in [1.807, 2.05) is 12.1 Å². The number of ether oxygens (including phenoxy) is 1. The van der Waals surface area contributed by atoms with Gasteiger partial charge in [-0.1, -0.05) is 20.8 Å². The molecule has 0 saturated carbocycles. The second-order valence-corrected chi connectivity index (χ2v) is 7.92. The molecule has 3 atom stereocenters. The molecule has 0 aliphatic carbocycles. The smallest absolute Gasteiger partial charge is 0.119 e. The van der Waals surface area contributed by atoms with Crippen molar-refractivity contribution in [1.82, 2.24) is 10.2 Å². The third-order valence-electron chi connectivity index (χ3n) is 5.19. The molecule has 4 heteroatoms. The van der Waals surface area contributed by atoms with Crippen molar-refractivity contribution in [3.05, 3.63) is 29.8 Å². The number of fused-ring (bicyclic) bond motifs is 1. The van der Waals surface area contributed by atoms with Crippen LogP contribution in [0, 0.1) is 28.6 Å². The van der Waals surface area contributed by atoms with E-state index in [9.17, 15) is 0 Å². The zero-order valence-corrected chi connectivity index (χ0v) is 14.4. The Labute approximate surface area is 139 Å². The van der Waals surface area contributed by atoms with Gasteiger partial charge < -0.3 is 10.1 Å². The van der Waals surface area contributed by atoms with Crippen molar-refractivity contribution < 1.29 is 4.74 Å². The van der Waals surface area contributed by atoms with Crippen LogP contribution >= 0.6 is 0 Å². The predicted octanol–water partition coefficient (Wildman–Crippen LogP) is 2.50. The van der Waals surface area contributed by atoms with Crippen LogP contribution in [0.4, 0.5) is 0 Å². The molecule has 1 N–H and O–H groups in total. The van der Waals surface area contributed by atoms with Gasteiger partial charge in [-0.3, -0.25) is 4.90 Å². The Morgan fingerprint density at radius 3 is 2.65 bits per heavy atom. The first kappa shape index (κ1) is 16.3. The molecular weight excluding hydrogens is 286 g/mol. The van der Waals surface area contributed by atoms with Crippen molar-refractivity contribution in [1.29, 1.82) is 5.26 Å². The molecule has 0 bridgehead atoms. The lowest BCUT2D eigenvalue weighted by atomic mass is 9.78. The van der Waals surface area contributed by atoms with Crippen molar-refractivity contribution >= 4 is 0 Å². The van der Waals surface area contributed by atoms with Crippen LogP contribution in [-0.4, -0.2) is 43.7 Å². The van der Waals surface area contributed by atoms with E-state index in [1.165, 1.54) is 13.1 Å². The molecule has 1 aromatic rings. The third kappa shape index (κ3) is 3.68. The molecule has 2 aliphatic rings. The van der Waals surface area contributed by atoms with E-state index >= 15 is 0 Å². The average Bonchev–Trinajstić information content (AvgIpc) is 3.07. The Balaban J connectivity index is 1.46. The molecule has 2 heterocycles. The van der Waals surface area contributed by atoms with E-state index in [1.54, 1.807) is 12.1 Å². The van der Waals surface area contributed by atoms with Gasteiger partial charge in [0.2, 0.25) is 0 Å². The highest BCUT2D eigenvalue weighted by atomic mass is 16.5. The van der Waals surface area contributed by atoms with Gasteiger partial charge in [-0.2, -0.15) is 5.26 Å². The maximum absolute atomic E-state index is 8.80. The zero-order valence-electron chi connectivity index (χ0n) is 14.4. The Morgan fingerprint density at radius 2 is 2.00 bits per heavy atom. The second kappa shape index (κ2) is 6.51. The van der Waals surface area contributed by atoms with E-state index in [0.717, 1.165) is 30.7 Å². The van der Waals surface area contributed by atoms with Gasteiger partial charge in [0, 0.05) is 25.7 Å². The van der Waals surface area contributed by atoms with Crippen LogP contribution in [0.3, 0.4) is 0 Å². The molecule has 23 heavy (non-hydrogen) atoms. The van der Waals surface area contributed by atoms with Crippen LogP contribution in [0.1, 0.15) is 26.3 Å². The highest BCUT2D eigenvalue weighted by Gasteiger charge is 2.46. The maximum Gasteiger partial charge on any atom is 0.119 e. The molecular formula is C19H27N3O. The average molecular weight is 313 g/mol. The summed E-state index contributed by atoms with van der Waals surface area (Å²) in [5, 5.41) is 12.5. The SMILES string of the molecule is CC(C)(C)C1NCC2CN(CCOc3ccc(C#N)cc3)CC21. The van der Waals surface area contributed by atoms with Crippen LogP contribution in [-0.2, 0) is 0 Å². The fourth-order valence-electron chi connectivity index (χ4n) is 4.06. The molecule has 3 rings (SSSR count). The molecule has 0 radical (unpaired) electrons. The number of rotatable bonds is 4. The van der Waals surface area contributed by atoms with Crippen molar-refractivity contribution in [3.8, 4) is 11.8 Å². The summed E-state index contributed by atoms with van der Waals surface area (Å²) in [6, 6.07) is 10.1. The molecule has 3 unspecified atom stereocenters. The van der Waals surface area contributed by atoms with Gasteiger partial charge in [0.15, 0.2) is 0 Å². The van der Waals surface area contributed by atoms with Gasteiger partial charge in [-0.25, -0.2) is 0 Å². The second-order valence-electron chi connectivity index (χ2n) is 7.92. The van der Waals surface area contributed by atoms with E-state index in [0.29, 0.717) is 23.6 Å². The molecule has 0 amide bonds. The lowest BCUT2D eigenvalue weighted by Crippen LogP contribution is -2.42. The summed E-state index contributed by atoms with van der Waals surface area (Å²) in [6.07, 6.45) is 0. The largest absolute Gasteiger partial charge is 0.492 e. The van der Waals surface area contributed by atoms with Crippen LogP contribution in [0.15, 0.2) is 24.3 Å². The predicted molar refractivity (Wildman–Crippen MR) is 91.3 cm³/mol. The lowest BCUT2D eigenvalue weighted by Gasteiger charge is -2.32. The third-order valence-corrected chi connectivity index (χ3v) is 5.19. The van der Waals surface area contributed by atoms with Crippen LogP contribution in [0.2, 0.25) is 0 Å². The summed E-state index contributed by atoms with van der Waals surface area (Å²) < 4.78 is 5.82. The fraction of sp³-hybridized carbons (Fsp3) is 0.632. The molecule has 124 valence electrons. The highest BCUT2D eigenvalue weighted by Crippen LogP contribution is 2.38. The topological polar surface area (TPSA) is 48.3 Å². The van der Waals surface area contributed by atoms with Crippen LogP contribution < -0.4 is 10.1 Å². The Hall–Kier alpha value is -1.57. The monoisotopic (exact) mass is 313 g/mol. The molecule has 0 spiro atoms. The van der Waals surface area contributed by atoms with Gasteiger partial charge in [-0.15, -0.1) is 0 Å². The van der Waals surface area contributed by atoms with E-state index in [-0.39, 0.29) is 0 Å². The minimum Gasteiger partial charge on any atom is -0.492 e. The van der Waals surface area contributed by atoms with Gasteiger partial charge in [0.05, 0.1) is 11.6 Å². The van der Waals surface area contributed by atoms with Gasteiger partial charge in [0.25, 0.3) is 0 Å². The minimum absolute atomic E-state index is 0.328. The number of hydrogen-bond donors (Lipinski definition) is 1. The highest BCUT2D eigenvalue weighted by molar-refractivity contribution is 5.34. The summed E-state index contributed by atoms with van der Waals surface area (Å²) in [6.45, 7) is 12.2. The van der Waals surface area contributed by atoms with Gasteiger partial charge in [-0.05, 0) is 48.1 Å². The summed E-state index contributed by atoms with van der Waals surface area (Å²) >= 11 is 0. The summed E-state index contributed by atoms with van der Waals surface area (Å²) in [4.78, 5) is 2.54. The van der Waals surface area contributed by atoms with Crippen LogP contribution in [0.5, 0.6) is 5.75 Å². The molecule has 2 fully saturated rings. The van der Waals surface area contributed by atoms with Crippen molar-refractivity contribution in [2.75, 3.05) is 32.8 Å². The molecule has 2 aliphatic heterocycles. The minimum atomic E-state index is 0.328. The number of benzene rings is 1. The Kier molecular flexibility index (Phi) is 4.61. The van der Waals surface area contributed by atoms with Crippen LogP contribution in [0.25, 0.3) is 0 Å². The van der Waals surface area contributed by atoms with Crippen molar-refractivity contribution in [2.45, 2.75) is 26.8 Å². The number of nitrogens with one attached hydrogen (secondary N) is 1.